The summed E-state index contributed by atoms with van der Waals surface area (Å²) in [6.45, 7) is 9.28. The van der Waals surface area contributed by atoms with E-state index in [1.165, 1.54) is 44.9 Å². The quantitative estimate of drug-likeness (QED) is 0.0341. The van der Waals surface area contributed by atoms with E-state index in [1.807, 2.05) is 0 Å². The van der Waals surface area contributed by atoms with Crippen LogP contribution in [-0.2, 0) is 38.0 Å². The maximum atomic E-state index is 13.0. The van der Waals surface area contributed by atoms with Crippen molar-refractivity contribution in [2.24, 2.45) is 5.92 Å². The molecule has 2 saturated heterocycles. The van der Waals surface area contributed by atoms with E-state index in [4.69, 9.17) is 28.4 Å². The Morgan fingerprint density at radius 3 is 1.45 bits per heavy atom. The minimum atomic E-state index is -0.637. The number of ether oxygens (including phenoxy) is 6. The third-order valence-corrected chi connectivity index (χ3v) is 11.6. The van der Waals surface area contributed by atoms with Gasteiger partial charge in [-0.3, -0.25) is 9.59 Å². The van der Waals surface area contributed by atoms with Crippen molar-refractivity contribution in [1.82, 2.24) is 0 Å². The maximum absolute atomic E-state index is 13.0. The van der Waals surface area contributed by atoms with Crippen LogP contribution in [0.1, 0.15) is 227 Å². The van der Waals surface area contributed by atoms with Gasteiger partial charge in [-0.25, -0.2) is 9.59 Å². The molecule has 0 aliphatic carbocycles. The molecule has 0 bridgehead atoms. The van der Waals surface area contributed by atoms with Crippen LogP contribution in [0.3, 0.4) is 0 Å². The Morgan fingerprint density at radius 2 is 0.929 bits per heavy atom. The van der Waals surface area contributed by atoms with Gasteiger partial charge in [-0.1, -0.05) is 137 Å². The SMILES string of the molecule is CCCCCCCCC1OC(=O)OC1CCCCCCCC(=O)OC(CCCCCC)CC1OC(=O)OC1CCCCCCCC(=O)OCC(CC)CCCC. The molecule has 0 spiro atoms. The molecule has 10 nitrogen and oxygen atoms in total. The van der Waals surface area contributed by atoms with Crippen LogP contribution in [0.2, 0.25) is 0 Å². The molecule has 10 heteroatoms. The van der Waals surface area contributed by atoms with Crippen molar-refractivity contribution in [3.63, 3.8) is 0 Å². The van der Waals surface area contributed by atoms with Crippen LogP contribution in [0.5, 0.6) is 0 Å². The van der Waals surface area contributed by atoms with Gasteiger partial charge >= 0.3 is 24.2 Å². The van der Waals surface area contributed by atoms with E-state index in [1.54, 1.807) is 0 Å². The normalized spacial score (nSPS) is 20.2. The fraction of sp³-hybridized carbons (Fsp3) is 0.913. The first-order chi connectivity index (χ1) is 27.3. The van der Waals surface area contributed by atoms with Gasteiger partial charge in [-0.05, 0) is 76.5 Å². The third kappa shape index (κ3) is 23.6. The second kappa shape index (κ2) is 32.4. The first kappa shape index (κ1) is 49.6. The Morgan fingerprint density at radius 1 is 0.500 bits per heavy atom. The summed E-state index contributed by atoms with van der Waals surface area (Å²) in [7, 11) is 0. The molecule has 0 N–H and O–H groups in total. The van der Waals surface area contributed by atoms with Crippen LogP contribution in [-0.4, -0.2) is 61.4 Å². The summed E-state index contributed by atoms with van der Waals surface area (Å²) >= 11 is 0. The van der Waals surface area contributed by atoms with Gasteiger partial charge in [0.15, 0.2) is 0 Å². The molecule has 2 heterocycles. The van der Waals surface area contributed by atoms with E-state index in [2.05, 4.69) is 27.7 Å². The molecular weight excluding hydrogens is 712 g/mol. The molecule has 0 radical (unpaired) electrons. The van der Waals surface area contributed by atoms with Gasteiger partial charge < -0.3 is 28.4 Å². The molecule has 2 aliphatic heterocycles. The van der Waals surface area contributed by atoms with Crippen LogP contribution in [0.25, 0.3) is 0 Å². The highest BCUT2D eigenvalue weighted by Gasteiger charge is 2.38. The predicted molar refractivity (Wildman–Crippen MR) is 220 cm³/mol. The Labute approximate surface area is 340 Å². The molecule has 2 fully saturated rings. The molecule has 0 aromatic carbocycles. The van der Waals surface area contributed by atoms with E-state index >= 15 is 0 Å². The number of hydrogen-bond acceptors (Lipinski definition) is 10. The third-order valence-electron chi connectivity index (χ3n) is 11.6. The van der Waals surface area contributed by atoms with E-state index in [0.29, 0.717) is 38.2 Å². The van der Waals surface area contributed by atoms with E-state index in [-0.39, 0.29) is 36.4 Å². The van der Waals surface area contributed by atoms with Crippen molar-refractivity contribution < 1.29 is 47.6 Å². The maximum Gasteiger partial charge on any atom is 0.509 e. The summed E-state index contributed by atoms with van der Waals surface area (Å²) < 4.78 is 33.6. The molecular formula is C46H82O10. The second-order valence-corrected chi connectivity index (χ2v) is 16.6. The number of esters is 2. The second-order valence-electron chi connectivity index (χ2n) is 16.6. The predicted octanol–water partition coefficient (Wildman–Crippen LogP) is 13.0. The average Bonchev–Trinajstić information content (AvgIpc) is 3.72. The fourth-order valence-electron chi connectivity index (χ4n) is 7.91. The first-order valence-electron chi connectivity index (χ1n) is 23.4. The number of carbonyl (C=O) groups excluding carboxylic acids is 4. The van der Waals surface area contributed by atoms with Crippen LogP contribution in [0.4, 0.5) is 9.59 Å². The first-order valence-corrected chi connectivity index (χ1v) is 23.4. The van der Waals surface area contributed by atoms with E-state index in [0.717, 1.165) is 128 Å². The lowest BCUT2D eigenvalue weighted by Gasteiger charge is -2.23. The summed E-state index contributed by atoms with van der Waals surface area (Å²) in [5.74, 6) is 0.186. The number of rotatable bonds is 37. The lowest BCUT2D eigenvalue weighted by atomic mass is 9.97. The zero-order chi connectivity index (χ0) is 40.6. The Hall–Kier alpha value is -2.52. The van der Waals surface area contributed by atoms with Gasteiger partial charge in [0.25, 0.3) is 0 Å². The van der Waals surface area contributed by atoms with E-state index < -0.39 is 18.4 Å². The van der Waals surface area contributed by atoms with Crippen molar-refractivity contribution in [2.45, 2.75) is 257 Å². The highest BCUT2D eigenvalue weighted by atomic mass is 16.8. The largest absolute Gasteiger partial charge is 0.509 e. The smallest absolute Gasteiger partial charge is 0.465 e. The van der Waals surface area contributed by atoms with Crippen molar-refractivity contribution >= 4 is 24.2 Å². The van der Waals surface area contributed by atoms with E-state index in [9.17, 15) is 19.2 Å². The molecule has 6 unspecified atom stereocenters. The molecule has 0 amide bonds. The standard InChI is InChI=1S/C46H82O10/c1-5-9-12-14-17-23-30-39-40(54-45(49)53-39)31-24-18-16-21-27-34-44(48)52-38(29-22-13-10-6-2)35-42-41(55-46(50)56-42)32-25-19-15-20-26-33-43(47)51-36-37(8-4)28-11-7-3/h37-42H,5-36H2,1-4H3. The minimum Gasteiger partial charge on any atom is -0.465 e. The molecule has 56 heavy (non-hydrogen) atoms. The zero-order valence-corrected chi connectivity index (χ0v) is 36.2. The van der Waals surface area contributed by atoms with Crippen LogP contribution in [0.15, 0.2) is 0 Å². The summed E-state index contributed by atoms with van der Waals surface area (Å²) in [6.07, 6.45) is 27.5. The van der Waals surface area contributed by atoms with Crippen molar-refractivity contribution in [3.8, 4) is 0 Å². The Balaban J connectivity index is 1.64. The molecule has 0 saturated carbocycles. The fourth-order valence-corrected chi connectivity index (χ4v) is 7.91. The molecule has 2 aliphatic rings. The van der Waals surface area contributed by atoms with Gasteiger partial charge in [0, 0.05) is 19.3 Å². The van der Waals surface area contributed by atoms with Crippen molar-refractivity contribution in [3.05, 3.63) is 0 Å². The van der Waals surface area contributed by atoms with Crippen LogP contribution < -0.4 is 0 Å². The highest BCUT2D eigenvalue weighted by Crippen LogP contribution is 2.28. The number of cyclic esters (lactones) is 4. The summed E-state index contributed by atoms with van der Waals surface area (Å²) in [4.78, 5) is 49.1. The number of carbonyl (C=O) groups is 4. The molecule has 0 aromatic rings. The van der Waals surface area contributed by atoms with Gasteiger partial charge in [0.1, 0.15) is 30.5 Å². The van der Waals surface area contributed by atoms with Crippen molar-refractivity contribution in [2.75, 3.05) is 6.61 Å². The molecule has 2 rings (SSSR count). The highest BCUT2D eigenvalue weighted by molar-refractivity contribution is 5.69. The lowest BCUT2D eigenvalue weighted by molar-refractivity contribution is -0.151. The van der Waals surface area contributed by atoms with Gasteiger partial charge in [0.05, 0.1) is 6.61 Å². The topological polar surface area (TPSA) is 124 Å². The number of unbranched alkanes of at least 4 members (excludes halogenated alkanes) is 17. The summed E-state index contributed by atoms with van der Waals surface area (Å²) in [5.41, 5.74) is 0. The minimum absolute atomic E-state index is 0.0908. The average molecular weight is 795 g/mol. The van der Waals surface area contributed by atoms with Crippen LogP contribution >= 0.6 is 0 Å². The van der Waals surface area contributed by atoms with Crippen molar-refractivity contribution in [1.29, 1.82) is 0 Å². The Bertz CT molecular complexity index is 1030. The summed E-state index contributed by atoms with van der Waals surface area (Å²) in [5, 5.41) is 0. The molecule has 0 aromatic heterocycles. The zero-order valence-electron chi connectivity index (χ0n) is 36.2. The van der Waals surface area contributed by atoms with Gasteiger partial charge in [-0.15, -0.1) is 0 Å². The number of hydrogen-bond donors (Lipinski definition) is 0. The van der Waals surface area contributed by atoms with Crippen LogP contribution in [0, 0.1) is 5.92 Å². The van der Waals surface area contributed by atoms with Gasteiger partial charge in [0.2, 0.25) is 0 Å². The monoisotopic (exact) mass is 795 g/mol. The molecule has 6 atom stereocenters. The summed E-state index contributed by atoms with van der Waals surface area (Å²) in [6, 6.07) is 0. The molecule has 326 valence electrons. The Kier molecular flexibility index (Phi) is 28.7. The lowest BCUT2D eigenvalue weighted by Crippen LogP contribution is -2.30. The van der Waals surface area contributed by atoms with Gasteiger partial charge in [-0.2, -0.15) is 0 Å².